The van der Waals surface area contributed by atoms with E-state index in [9.17, 15) is 0 Å². The lowest BCUT2D eigenvalue weighted by Crippen LogP contribution is -2.49. The lowest BCUT2D eigenvalue weighted by atomic mass is 9.87. The van der Waals surface area contributed by atoms with Gasteiger partial charge in [-0.2, -0.15) is 0 Å². The fourth-order valence-corrected chi connectivity index (χ4v) is 2.89. The van der Waals surface area contributed by atoms with Crippen LogP contribution in [0.1, 0.15) is 46.2 Å². The van der Waals surface area contributed by atoms with E-state index in [-0.39, 0.29) is 23.9 Å². The van der Waals surface area contributed by atoms with Crippen LogP contribution in [0.3, 0.4) is 0 Å². The van der Waals surface area contributed by atoms with E-state index in [4.69, 9.17) is 14.6 Å². The average Bonchev–Trinajstić information content (AvgIpc) is 2.24. The first-order valence-corrected chi connectivity index (χ1v) is 6.72. The summed E-state index contributed by atoms with van der Waals surface area (Å²) >= 11 is 0. The van der Waals surface area contributed by atoms with Gasteiger partial charge in [0.1, 0.15) is 11.9 Å². The zero-order chi connectivity index (χ0) is 14.1. The maximum atomic E-state index is 9.10. The van der Waals surface area contributed by atoms with Crippen molar-refractivity contribution >= 4 is 0 Å². The monoisotopic (exact) mass is 265 g/mol. The van der Waals surface area contributed by atoms with E-state index in [0.29, 0.717) is 5.69 Å². The second kappa shape index (κ2) is 5.10. The Labute approximate surface area is 114 Å². The van der Waals surface area contributed by atoms with Crippen molar-refractivity contribution in [2.24, 2.45) is 0 Å². The molecule has 1 N–H and O–H groups in total. The first-order valence-electron chi connectivity index (χ1n) is 6.72. The topological polar surface area (TPSA) is 51.6 Å². The summed E-state index contributed by atoms with van der Waals surface area (Å²) < 4.78 is 12.1. The van der Waals surface area contributed by atoms with Gasteiger partial charge >= 0.3 is 0 Å². The maximum absolute atomic E-state index is 9.10. The zero-order valence-corrected chi connectivity index (χ0v) is 12.1. The number of hydrogen-bond donors (Lipinski definition) is 1. The van der Waals surface area contributed by atoms with Crippen molar-refractivity contribution in [3.8, 4) is 5.75 Å². The fraction of sp³-hybridized carbons (Fsp3) is 0.667. The van der Waals surface area contributed by atoms with Crippen molar-refractivity contribution in [2.45, 2.75) is 64.4 Å². The summed E-state index contributed by atoms with van der Waals surface area (Å²) in [6.45, 7) is 8.31. The molecule has 1 fully saturated rings. The summed E-state index contributed by atoms with van der Waals surface area (Å²) in [4.78, 5) is 4.05. The molecule has 1 aliphatic heterocycles. The minimum atomic E-state index is -0.181. The van der Waals surface area contributed by atoms with Crippen LogP contribution in [0.25, 0.3) is 0 Å². The molecule has 1 saturated heterocycles. The quantitative estimate of drug-likeness (QED) is 0.913. The smallest absolute Gasteiger partial charge is 0.123 e. The number of rotatable bonds is 3. The van der Waals surface area contributed by atoms with Crippen molar-refractivity contribution in [3.63, 3.8) is 0 Å². The van der Waals surface area contributed by atoms with E-state index in [1.54, 1.807) is 12.3 Å². The minimum absolute atomic E-state index is 0.0675. The molecule has 0 amide bonds. The molecule has 4 heteroatoms. The highest BCUT2D eigenvalue weighted by molar-refractivity contribution is 5.22. The van der Waals surface area contributed by atoms with Gasteiger partial charge in [0, 0.05) is 25.1 Å². The van der Waals surface area contributed by atoms with Gasteiger partial charge in [0.15, 0.2) is 0 Å². The molecule has 2 rings (SSSR count). The van der Waals surface area contributed by atoms with Crippen LogP contribution in [0.15, 0.2) is 18.3 Å². The number of pyridine rings is 1. The Morgan fingerprint density at radius 1 is 1.32 bits per heavy atom. The van der Waals surface area contributed by atoms with Gasteiger partial charge in [-0.25, -0.2) is 0 Å². The SMILES string of the molecule is CC1(C)CC(Oc2ccnc(CO)c2)CC(C)(C)O1. The molecule has 0 radical (unpaired) electrons. The van der Waals surface area contributed by atoms with Gasteiger partial charge in [-0.1, -0.05) is 0 Å². The highest BCUT2D eigenvalue weighted by Crippen LogP contribution is 2.36. The highest BCUT2D eigenvalue weighted by Gasteiger charge is 2.40. The van der Waals surface area contributed by atoms with Crippen LogP contribution in [0, 0.1) is 0 Å². The number of nitrogens with zero attached hydrogens (tertiary/aromatic N) is 1. The van der Waals surface area contributed by atoms with E-state index >= 15 is 0 Å². The van der Waals surface area contributed by atoms with Crippen LogP contribution in [0.4, 0.5) is 0 Å². The summed E-state index contributed by atoms with van der Waals surface area (Å²) in [7, 11) is 0. The first-order chi connectivity index (χ1) is 8.80. The van der Waals surface area contributed by atoms with Gasteiger partial charge in [-0.3, -0.25) is 4.98 Å². The second-order valence-electron chi connectivity index (χ2n) is 6.41. The summed E-state index contributed by atoms with van der Waals surface area (Å²) in [5, 5.41) is 9.10. The number of hydrogen-bond acceptors (Lipinski definition) is 4. The van der Waals surface area contributed by atoms with Crippen molar-refractivity contribution in [1.82, 2.24) is 4.98 Å². The van der Waals surface area contributed by atoms with E-state index in [0.717, 1.165) is 18.6 Å². The standard InChI is InChI=1S/C15H23NO3/c1-14(2)8-13(9-15(3,4)19-14)18-12-5-6-16-11(7-12)10-17/h5-7,13,17H,8-10H2,1-4H3. The predicted molar refractivity (Wildman–Crippen MR) is 73.1 cm³/mol. The van der Waals surface area contributed by atoms with Crippen molar-refractivity contribution < 1.29 is 14.6 Å². The Bertz CT molecular complexity index is 427. The van der Waals surface area contributed by atoms with Crippen LogP contribution < -0.4 is 4.74 Å². The molecule has 0 unspecified atom stereocenters. The lowest BCUT2D eigenvalue weighted by Gasteiger charge is -2.45. The lowest BCUT2D eigenvalue weighted by molar-refractivity contribution is -0.182. The molecule has 1 aromatic heterocycles. The Kier molecular flexibility index (Phi) is 3.83. The Morgan fingerprint density at radius 2 is 1.95 bits per heavy atom. The zero-order valence-electron chi connectivity index (χ0n) is 12.1. The molecule has 0 bridgehead atoms. The molecule has 106 valence electrons. The molecule has 19 heavy (non-hydrogen) atoms. The third-order valence-corrected chi connectivity index (χ3v) is 3.24. The summed E-state index contributed by atoms with van der Waals surface area (Å²) in [6.07, 6.45) is 3.49. The summed E-state index contributed by atoms with van der Waals surface area (Å²) in [6, 6.07) is 3.62. The summed E-state index contributed by atoms with van der Waals surface area (Å²) in [5.74, 6) is 0.762. The van der Waals surface area contributed by atoms with Crippen LogP contribution in [0.5, 0.6) is 5.75 Å². The fourth-order valence-electron chi connectivity index (χ4n) is 2.89. The van der Waals surface area contributed by atoms with Crippen LogP contribution >= 0.6 is 0 Å². The van der Waals surface area contributed by atoms with Gasteiger partial charge in [0.05, 0.1) is 23.5 Å². The van der Waals surface area contributed by atoms with Crippen LogP contribution in [-0.2, 0) is 11.3 Å². The molecule has 0 saturated carbocycles. The third kappa shape index (κ3) is 3.91. The molecule has 4 nitrogen and oxygen atoms in total. The van der Waals surface area contributed by atoms with E-state index in [2.05, 4.69) is 32.7 Å². The summed E-state index contributed by atoms with van der Waals surface area (Å²) in [5.41, 5.74) is 0.265. The molecular weight excluding hydrogens is 242 g/mol. The minimum Gasteiger partial charge on any atom is -0.490 e. The maximum Gasteiger partial charge on any atom is 0.123 e. The molecule has 1 aliphatic rings. The first kappa shape index (κ1) is 14.3. The van der Waals surface area contributed by atoms with E-state index in [1.165, 1.54) is 0 Å². The largest absolute Gasteiger partial charge is 0.490 e. The van der Waals surface area contributed by atoms with Crippen molar-refractivity contribution in [3.05, 3.63) is 24.0 Å². The van der Waals surface area contributed by atoms with E-state index < -0.39 is 0 Å². The molecule has 0 aromatic carbocycles. The van der Waals surface area contributed by atoms with Crippen molar-refractivity contribution in [1.29, 1.82) is 0 Å². The molecule has 0 aliphatic carbocycles. The molecular formula is C15H23NO3. The molecule has 2 heterocycles. The third-order valence-electron chi connectivity index (χ3n) is 3.24. The highest BCUT2D eigenvalue weighted by atomic mass is 16.5. The number of aliphatic hydroxyl groups excluding tert-OH is 1. The molecule has 1 aromatic rings. The molecule has 0 atom stereocenters. The van der Waals surface area contributed by atoms with Crippen LogP contribution in [-0.4, -0.2) is 27.4 Å². The van der Waals surface area contributed by atoms with Gasteiger partial charge < -0.3 is 14.6 Å². The van der Waals surface area contributed by atoms with Crippen LogP contribution in [0.2, 0.25) is 0 Å². The van der Waals surface area contributed by atoms with Gasteiger partial charge in [0.25, 0.3) is 0 Å². The number of aromatic nitrogens is 1. The average molecular weight is 265 g/mol. The van der Waals surface area contributed by atoms with Gasteiger partial charge in [0.2, 0.25) is 0 Å². The number of aliphatic hydroxyl groups is 1. The molecule has 0 spiro atoms. The second-order valence-corrected chi connectivity index (χ2v) is 6.41. The van der Waals surface area contributed by atoms with Gasteiger partial charge in [-0.15, -0.1) is 0 Å². The Hall–Kier alpha value is -1.13. The number of ether oxygens (including phenoxy) is 2. The predicted octanol–water partition coefficient (Wildman–Crippen LogP) is 2.69. The van der Waals surface area contributed by atoms with E-state index in [1.807, 2.05) is 6.07 Å². The van der Waals surface area contributed by atoms with Gasteiger partial charge in [-0.05, 0) is 33.8 Å². The normalized spacial score (nSPS) is 22.2. The van der Waals surface area contributed by atoms with Crippen molar-refractivity contribution in [2.75, 3.05) is 0 Å². The Morgan fingerprint density at radius 3 is 2.53 bits per heavy atom. The Balaban J connectivity index is 2.09.